The third-order valence-corrected chi connectivity index (χ3v) is 5.97. The lowest BCUT2D eigenvalue weighted by molar-refractivity contribution is -0.101. The van der Waals surface area contributed by atoms with Crippen LogP contribution < -0.4 is 0 Å². The van der Waals surface area contributed by atoms with E-state index in [-0.39, 0.29) is 13.2 Å². The molecule has 30 heavy (non-hydrogen) atoms. The van der Waals surface area contributed by atoms with Crippen LogP contribution in [0.25, 0.3) is 0 Å². The van der Waals surface area contributed by atoms with E-state index in [1.54, 1.807) is 0 Å². The fourth-order valence-electron chi connectivity index (χ4n) is 3.97. The molecule has 0 unspecified atom stereocenters. The molecule has 1 fully saturated rings. The van der Waals surface area contributed by atoms with Crippen LogP contribution in [0.15, 0.2) is 12.2 Å². The van der Waals surface area contributed by atoms with Gasteiger partial charge in [-0.05, 0) is 32.1 Å². The molecule has 5 nitrogen and oxygen atoms in total. The van der Waals surface area contributed by atoms with Crippen molar-refractivity contribution in [1.82, 2.24) is 0 Å². The zero-order chi connectivity index (χ0) is 21.9. The highest BCUT2D eigenvalue weighted by Crippen LogP contribution is 2.20. The molecular weight excluding hydrogens is 380 g/mol. The highest BCUT2D eigenvalue weighted by atomic mass is 16.6. The molecule has 0 saturated carbocycles. The second-order valence-electron chi connectivity index (χ2n) is 8.74. The lowest BCUT2D eigenvalue weighted by atomic mass is 10.1. The zero-order valence-corrected chi connectivity index (χ0v) is 19.4. The van der Waals surface area contributed by atoms with Crippen LogP contribution in [0.4, 0.5) is 0 Å². The molecule has 0 amide bonds. The number of aliphatic hydroxyl groups is 3. The molecule has 5 heteroatoms. The Kier molecular flexibility index (Phi) is 17.7. The number of hydrogen-bond donors (Lipinski definition) is 3. The summed E-state index contributed by atoms with van der Waals surface area (Å²) >= 11 is 0. The van der Waals surface area contributed by atoms with Crippen LogP contribution in [0.1, 0.15) is 103 Å². The van der Waals surface area contributed by atoms with Crippen molar-refractivity contribution < 1.29 is 24.8 Å². The number of allylic oxidation sites excluding steroid dienone is 2. The van der Waals surface area contributed by atoms with Gasteiger partial charge in [-0.15, -0.1) is 0 Å². The summed E-state index contributed by atoms with van der Waals surface area (Å²) in [5.41, 5.74) is 0. The highest BCUT2D eigenvalue weighted by molar-refractivity contribution is 4.88. The highest BCUT2D eigenvalue weighted by Gasteiger charge is 2.40. The van der Waals surface area contributed by atoms with Gasteiger partial charge in [-0.25, -0.2) is 0 Å². The predicted octanol–water partition coefficient (Wildman–Crippen LogP) is 4.91. The lowest BCUT2D eigenvalue weighted by Gasteiger charge is -2.24. The molecule has 0 radical (unpaired) electrons. The van der Waals surface area contributed by atoms with Gasteiger partial charge in [-0.3, -0.25) is 0 Å². The fourth-order valence-corrected chi connectivity index (χ4v) is 3.97. The third kappa shape index (κ3) is 13.1. The normalized spacial score (nSPS) is 22.9. The summed E-state index contributed by atoms with van der Waals surface area (Å²) in [4.78, 5) is 0. The van der Waals surface area contributed by atoms with Gasteiger partial charge in [-0.1, -0.05) is 83.3 Å². The Labute approximate surface area is 184 Å². The maximum absolute atomic E-state index is 9.84. The van der Waals surface area contributed by atoms with Gasteiger partial charge in [0, 0.05) is 6.61 Å². The topological polar surface area (TPSA) is 79.2 Å². The Balaban J connectivity index is 1.85. The van der Waals surface area contributed by atoms with Gasteiger partial charge in [-0.2, -0.15) is 0 Å². The Hall–Kier alpha value is -0.460. The van der Waals surface area contributed by atoms with Crippen LogP contribution in [0, 0.1) is 0 Å². The summed E-state index contributed by atoms with van der Waals surface area (Å²) in [6, 6.07) is 0. The Morgan fingerprint density at radius 2 is 1.37 bits per heavy atom. The Morgan fingerprint density at radius 3 is 1.87 bits per heavy atom. The number of rotatable bonds is 20. The average molecular weight is 429 g/mol. The molecule has 0 spiro atoms. The molecule has 0 aromatic rings. The first-order valence-electron chi connectivity index (χ1n) is 12.6. The first-order chi connectivity index (χ1) is 14.7. The van der Waals surface area contributed by atoms with Crippen LogP contribution in [0.5, 0.6) is 0 Å². The monoisotopic (exact) mass is 428 g/mol. The molecule has 1 rings (SSSR count). The summed E-state index contributed by atoms with van der Waals surface area (Å²) in [7, 11) is 0. The van der Waals surface area contributed by atoms with E-state index in [0.29, 0.717) is 6.61 Å². The maximum Gasteiger partial charge on any atom is 0.114 e. The van der Waals surface area contributed by atoms with Crippen LogP contribution in [-0.2, 0) is 9.47 Å². The summed E-state index contributed by atoms with van der Waals surface area (Å²) in [5, 5.41) is 28.8. The molecule has 1 heterocycles. The van der Waals surface area contributed by atoms with E-state index in [1.165, 1.54) is 77.0 Å². The molecular formula is C25H48O5. The van der Waals surface area contributed by atoms with Crippen LogP contribution in [0.3, 0.4) is 0 Å². The average Bonchev–Trinajstić information content (AvgIpc) is 3.08. The third-order valence-electron chi connectivity index (χ3n) is 5.97. The smallest absolute Gasteiger partial charge is 0.114 e. The van der Waals surface area contributed by atoms with Crippen molar-refractivity contribution in [2.45, 2.75) is 128 Å². The zero-order valence-electron chi connectivity index (χ0n) is 19.4. The molecule has 1 aliphatic rings. The summed E-state index contributed by atoms with van der Waals surface area (Å²) < 4.78 is 11.0. The van der Waals surface area contributed by atoms with Gasteiger partial charge in [0.2, 0.25) is 0 Å². The van der Waals surface area contributed by atoms with Crippen molar-refractivity contribution in [2.24, 2.45) is 0 Å². The first-order valence-corrected chi connectivity index (χ1v) is 12.6. The summed E-state index contributed by atoms with van der Waals surface area (Å²) in [6.07, 6.45) is 20.9. The van der Waals surface area contributed by atoms with Crippen molar-refractivity contribution in [2.75, 3.05) is 19.8 Å². The van der Waals surface area contributed by atoms with Crippen LogP contribution in [0.2, 0.25) is 0 Å². The van der Waals surface area contributed by atoms with Crippen molar-refractivity contribution in [3.8, 4) is 0 Å². The fraction of sp³-hybridized carbons (Fsp3) is 0.920. The molecule has 0 aliphatic carbocycles. The van der Waals surface area contributed by atoms with E-state index in [1.807, 2.05) is 0 Å². The summed E-state index contributed by atoms with van der Waals surface area (Å²) in [6.45, 7) is 2.68. The van der Waals surface area contributed by atoms with Crippen LogP contribution in [-0.4, -0.2) is 59.6 Å². The Morgan fingerprint density at radius 1 is 0.833 bits per heavy atom. The maximum atomic E-state index is 9.84. The molecule has 3 N–H and O–H groups in total. The lowest BCUT2D eigenvalue weighted by Crippen LogP contribution is -2.42. The quantitative estimate of drug-likeness (QED) is 0.190. The standard InChI is InChI=1S/C25H48O5/c1-2-3-4-5-6-7-8-9-10-11-12-13-14-15-16-17-18-19-29-23(20-26)25-24(28)22(27)21-30-25/h14-15,22-28H,2-13,16-21H2,1H3/b15-14+/t22-,23+,24-,25-/m1/s1. The van der Waals surface area contributed by atoms with E-state index >= 15 is 0 Å². The number of aliphatic hydroxyl groups excluding tert-OH is 3. The molecule has 178 valence electrons. The number of ether oxygens (including phenoxy) is 2. The van der Waals surface area contributed by atoms with Gasteiger partial charge < -0.3 is 24.8 Å². The first kappa shape index (κ1) is 27.6. The summed E-state index contributed by atoms with van der Waals surface area (Å²) in [5.74, 6) is 0. The van der Waals surface area contributed by atoms with Gasteiger partial charge in [0.25, 0.3) is 0 Å². The molecule has 1 aliphatic heterocycles. The Bertz CT molecular complexity index is 401. The predicted molar refractivity (Wildman–Crippen MR) is 123 cm³/mol. The number of hydrogen-bond acceptors (Lipinski definition) is 5. The van der Waals surface area contributed by atoms with Gasteiger partial charge in [0.05, 0.1) is 13.2 Å². The van der Waals surface area contributed by atoms with E-state index in [9.17, 15) is 15.3 Å². The van der Waals surface area contributed by atoms with E-state index in [0.717, 1.165) is 19.3 Å². The van der Waals surface area contributed by atoms with E-state index in [4.69, 9.17) is 9.47 Å². The minimum absolute atomic E-state index is 0.0929. The molecule has 0 bridgehead atoms. The van der Waals surface area contributed by atoms with E-state index in [2.05, 4.69) is 19.1 Å². The van der Waals surface area contributed by atoms with Gasteiger partial charge >= 0.3 is 0 Å². The number of unbranched alkanes of at least 4 members (excludes halogenated alkanes) is 13. The van der Waals surface area contributed by atoms with Crippen LogP contribution >= 0.6 is 0 Å². The van der Waals surface area contributed by atoms with Crippen molar-refractivity contribution in [1.29, 1.82) is 0 Å². The molecule has 4 atom stereocenters. The molecule has 0 aromatic heterocycles. The van der Waals surface area contributed by atoms with Crippen molar-refractivity contribution >= 4 is 0 Å². The van der Waals surface area contributed by atoms with E-state index < -0.39 is 24.4 Å². The molecule has 0 aromatic carbocycles. The van der Waals surface area contributed by atoms with Gasteiger partial charge in [0.1, 0.15) is 24.4 Å². The minimum Gasteiger partial charge on any atom is -0.394 e. The minimum atomic E-state index is -0.986. The van der Waals surface area contributed by atoms with Crippen molar-refractivity contribution in [3.63, 3.8) is 0 Å². The van der Waals surface area contributed by atoms with Crippen molar-refractivity contribution in [3.05, 3.63) is 12.2 Å². The van der Waals surface area contributed by atoms with Gasteiger partial charge in [0.15, 0.2) is 0 Å². The molecule has 1 saturated heterocycles. The second kappa shape index (κ2) is 19.2. The second-order valence-corrected chi connectivity index (χ2v) is 8.74. The largest absolute Gasteiger partial charge is 0.394 e. The SMILES string of the molecule is CCCCCCCCCCCCC/C=C/CCCCO[C@@H](CO)[C@H]1OC[C@@H](O)[C@H]1O.